The maximum Gasteiger partial charge on any atom is 0.244 e. The maximum absolute atomic E-state index is 12.4. The van der Waals surface area contributed by atoms with E-state index < -0.39 is 10.0 Å². The van der Waals surface area contributed by atoms with Crippen molar-refractivity contribution in [3.8, 4) is 0 Å². The molecule has 100 valence electrons. The van der Waals surface area contributed by atoms with Crippen LogP contribution in [0.25, 0.3) is 0 Å². The number of alkyl halides is 1. The van der Waals surface area contributed by atoms with Crippen molar-refractivity contribution in [2.75, 3.05) is 13.1 Å². The first-order valence-electron chi connectivity index (χ1n) is 5.50. The van der Waals surface area contributed by atoms with Gasteiger partial charge in [0.15, 0.2) is 0 Å². The smallest absolute Gasteiger partial charge is 0.207 e. The molecule has 1 aliphatic rings. The highest BCUT2D eigenvalue weighted by Crippen LogP contribution is 2.30. The van der Waals surface area contributed by atoms with Gasteiger partial charge in [0, 0.05) is 22.9 Å². The van der Waals surface area contributed by atoms with Crippen LogP contribution in [0.15, 0.2) is 23.1 Å². The molecular weight excluding hydrogens is 361 g/mol. The minimum Gasteiger partial charge on any atom is -0.207 e. The van der Waals surface area contributed by atoms with E-state index in [1.54, 1.807) is 6.07 Å². The van der Waals surface area contributed by atoms with Crippen molar-refractivity contribution < 1.29 is 8.42 Å². The minimum absolute atomic E-state index is 0.0877. The number of piperidine rings is 1. The SMILES string of the molecule is O=S(=O)(c1cc(Cl)ccc1Cl)N1CCC(Br)CC1. The fraction of sp³-hybridized carbons (Fsp3) is 0.455. The van der Waals surface area contributed by atoms with Crippen LogP contribution in [0.1, 0.15) is 12.8 Å². The maximum atomic E-state index is 12.4. The summed E-state index contributed by atoms with van der Waals surface area (Å²) in [5, 5.41) is 0.578. The molecule has 1 aromatic rings. The van der Waals surface area contributed by atoms with Gasteiger partial charge < -0.3 is 0 Å². The summed E-state index contributed by atoms with van der Waals surface area (Å²) in [6.07, 6.45) is 1.61. The van der Waals surface area contributed by atoms with Gasteiger partial charge in [-0.05, 0) is 31.0 Å². The van der Waals surface area contributed by atoms with Gasteiger partial charge in [-0.2, -0.15) is 4.31 Å². The third-order valence-electron chi connectivity index (χ3n) is 2.89. The number of nitrogens with zero attached hydrogens (tertiary/aromatic N) is 1. The first kappa shape index (κ1) is 14.6. The summed E-state index contributed by atoms with van der Waals surface area (Å²) in [4.78, 5) is 0.475. The van der Waals surface area contributed by atoms with Crippen molar-refractivity contribution in [1.29, 1.82) is 0 Å². The molecule has 2 rings (SSSR count). The first-order valence-corrected chi connectivity index (χ1v) is 8.61. The lowest BCUT2D eigenvalue weighted by Gasteiger charge is -2.28. The Morgan fingerprint density at radius 1 is 1.22 bits per heavy atom. The summed E-state index contributed by atoms with van der Waals surface area (Å²) in [6.45, 7) is 1.00. The molecule has 1 saturated heterocycles. The lowest BCUT2D eigenvalue weighted by atomic mass is 10.2. The molecule has 0 saturated carbocycles. The van der Waals surface area contributed by atoms with Crippen molar-refractivity contribution in [2.24, 2.45) is 0 Å². The van der Waals surface area contributed by atoms with E-state index in [0.29, 0.717) is 22.9 Å². The molecule has 1 aliphatic heterocycles. The molecule has 0 aliphatic carbocycles. The van der Waals surface area contributed by atoms with Crippen LogP contribution in [0, 0.1) is 0 Å². The van der Waals surface area contributed by atoms with Crippen LogP contribution < -0.4 is 0 Å². The second kappa shape index (κ2) is 5.67. The molecule has 0 amide bonds. The minimum atomic E-state index is -3.54. The van der Waals surface area contributed by atoms with E-state index in [9.17, 15) is 8.42 Å². The third-order valence-corrected chi connectivity index (χ3v) is 6.43. The second-order valence-corrected chi connectivity index (χ2v) is 8.20. The van der Waals surface area contributed by atoms with Crippen molar-refractivity contribution in [2.45, 2.75) is 22.6 Å². The van der Waals surface area contributed by atoms with E-state index in [2.05, 4.69) is 15.9 Å². The zero-order chi connectivity index (χ0) is 13.3. The van der Waals surface area contributed by atoms with E-state index in [4.69, 9.17) is 23.2 Å². The molecule has 1 aromatic carbocycles. The third kappa shape index (κ3) is 3.02. The van der Waals surface area contributed by atoms with Gasteiger partial charge in [-0.15, -0.1) is 0 Å². The van der Waals surface area contributed by atoms with Crippen LogP contribution in [0.4, 0.5) is 0 Å². The molecule has 1 fully saturated rings. The molecule has 1 heterocycles. The average Bonchev–Trinajstić information content (AvgIpc) is 2.32. The van der Waals surface area contributed by atoms with Crippen molar-refractivity contribution in [1.82, 2.24) is 4.31 Å². The van der Waals surface area contributed by atoms with Gasteiger partial charge in [0.2, 0.25) is 10.0 Å². The van der Waals surface area contributed by atoms with Crippen molar-refractivity contribution in [3.63, 3.8) is 0 Å². The first-order chi connectivity index (χ1) is 8.41. The Hall–Kier alpha value is 0.190. The summed E-state index contributed by atoms with van der Waals surface area (Å²) in [5.74, 6) is 0. The standard InChI is InChI=1S/C11H12BrCl2NO2S/c12-8-3-5-15(6-4-8)18(16,17)11-7-9(13)1-2-10(11)14/h1-2,7-8H,3-6H2. The fourth-order valence-corrected chi connectivity index (χ4v) is 4.50. The highest BCUT2D eigenvalue weighted by molar-refractivity contribution is 9.09. The molecule has 3 nitrogen and oxygen atoms in total. The average molecular weight is 373 g/mol. The summed E-state index contributed by atoms with van der Waals surface area (Å²) < 4.78 is 26.3. The zero-order valence-electron chi connectivity index (χ0n) is 9.44. The quantitative estimate of drug-likeness (QED) is 0.744. The van der Waals surface area contributed by atoms with Gasteiger partial charge in [-0.25, -0.2) is 8.42 Å². The molecule has 0 N–H and O–H groups in total. The highest BCUT2D eigenvalue weighted by Gasteiger charge is 2.30. The predicted octanol–water partition coefficient (Wildman–Crippen LogP) is 3.54. The van der Waals surface area contributed by atoms with Crippen LogP contribution in [0.5, 0.6) is 0 Å². The van der Waals surface area contributed by atoms with Gasteiger partial charge >= 0.3 is 0 Å². The number of sulfonamides is 1. The largest absolute Gasteiger partial charge is 0.244 e. The Bertz CT molecular complexity index is 542. The predicted molar refractivity (Wildman–Crippen MR) is 77.2 cm³/mol. The normalized spacial score (nSPS) is 19.1. The van der Waals surface area contributed by atoms with Gasteiger partial charge in [0.05, 0.1) is 5.02 Å². The monoisotopic (exact) mass is 371 g/mol. The van der Waals surface area contributed by atoms with Crippen LogP contribution >= 0.6 is 39.1 Å². The van der Waals surface area contributed by atoms with Gasteiger partial charge in [-0.1, -0.05) is 39.1 Å². The van der Waals surface area contributed by atoms with E-state index >= 15 is 0 Å². The molecule has 0 unspecified atom stereocenters. The Morgan fingerprint density at radius 3 is 2.44 bits per heavy atom. The Balaban J connectivity index is 2.33. The van der Waals surface area contributed by atoms with Gasteiger partial charge in [0.25, 0.3) is 0 Å². The Morgan fingerprint density at radius 2 is 1.83 bits per heavy atom. The van der Waals surface area contributed by atoms with Crippen LogP contribution in [-0.4, -0.2) is 30.6 Å². The van der Waals surface area contributed by atoms with E-state index in [0.717, 1.165) is 12.8 Å². The highest BCUT2D eigenvalue weighted by atomic mass is 79.9. The number of hydrogen-bond acceptors (Lipinski definition) is 2. The van der Waals surface area contributed by atoms with E-state index in [-0.39, 0.29) is 9.92 Å². The van der Waals surface area contributed by atoms with E-state index in [1.807, 2.05) is 0 Å². The number of rotatable bonds is 2. The molecule has 18 heavy (non-hydrogen) atoms. The molecule has 0 spiro atoms. The lowest BCUT2D eigenvalue weighted by Crippen LogP contribution is -2.38. The molecular formula is C11H12BrCl2NO2S. The van der Waals surface area contributed by atoms with Crippen molar-refractivity contribution in [3.05, 3.63) is 28.2 Å². The molecule has 7 heteroatoms. The summed E-state index contributed by atoms with van der Waals surface area (Å²) in [7, 11) is -3.54. The van der Waals surface area contributed by atoms with Crippen LogP contribution in [0.3, 0.4) is 0 Å². The fourth-order valence-electron chi connectivity index (χ4n) is 1.88. The molecule has 0 aromatic heterocycles. The summed E-state index contributed by atoms with van der Waals surface area (Å²) >= 11 is 15.3. The Kier molecular flexibility index (Phi) is 4.60. The number of benzene rings is 1. The summed E-state index contributed by atoms with van der Waals surface area (Å²) in [5.41, 5.74) is 0. The summed E-state index contributed by atoms with van der Waals surface area (Å²) in [6, 6.07) is 4.49. The zero-order valence-corrected chi connectivity index (χ0v) is 13.4. The molecule has 0 radical (unpaired) electrons. The Labute approximate surface area is 125 Å². The topological polar surface area (TPSA) is 37.4 Å². The lowest BCUT2D eigenvalue weighted by molar-refractivity contribution is 0.354. The molecule has 0 atom stereocenters. The van der Waals surface area contributed by atoms with Gasteiger partial charge in [-0.3, -0.25) is 0 Å². The number of halogens is 3. The second-order valence-electron chi connectivity index (χ2n) is 4.15. The van der Waals surface area contributed by atoms with Crippen LogP contribution in [0.2, 0.25) is 10.0 Å². The van der Waals surface area contributed by atoms with E-state index in [1.165, 1.54) is 16.4 Å². The molecule has 0 bridgehead atoms. The van der Waals surface area contributed by atoms with Gasteiger partial charge in [0.1, 0.15) is 4.90 Å². The van der Waals surface area contributed by atoms with Crippen LogP contribution in [-0.2, 0) is 10.0 Å². The number of hydrogen-bond donors (Lipinski definition) is 0. The van der Waals surface area contributed by atoms with Crippen molar-refractivity contribution >= 4 is 49.2 Å².